The van der Waals surface area contributed by atoms with Crippen LogP contribution in [-0.4, -0.2) is 37.5 Å². The number of rotatable bonds is 7. The van der Waals surface area contributed by atoms with Gasteiger partial charge in [0.25, 0.3) is 0 Å². The van der Waals surface area contributed by atoms with E-state index in [1.165, 1.54) is 31.0 Å². The molecule has 3 aromatic rings. The molecular formula is C22H25N5OS. The summed E-state index contributed by atoms with van der Waals surface area (Å²) in [7, 11) is 0. The van der Waals surface area contributed by atoms with E-state index in [2.05, 4.69) is 37.2 Å². The normalized spacial score (nSPS) is 14.6. The lowest BCUT2D eigenvalue weighted by atomic mass is 9.95. The van der Waals surface area contributed by atoms with Crippen LogP contribution in [-0.2, 0) is 11.3 Å². The summed E-state index contributed by atoms with van der Waals surface area (Å²) in [6, 6.07) is 14.4. The van der Waals surface area contributed by atoms with Crippen LogP contribution in [0, 0.1) is 0 Å². The van der Waals surface area contributed by atoms with Gasteiger partial charge in [0, 0.05) is 24.0 Å². The van der Waals surface area contributed by atoms with Crippen molar-refractivity contribution in [3.05, 3.63) is 60.4 Å². The van der Waals surface area contributed by atoms with Crippen LogP contribution in [0.15, 0.2) is 60.0 Å². The third kappa shape index (κ3) is 5.23. The second-order valence-electron chi connectivity index (χ2n) is 7.31. The quantitative estimate of drug-likeness (QED) is 0.601. The van der Waals surface area contributed by atoms with Crippen molar-refractivity contribution in [2.24, 2.45) is 0 Å². The van der Waals surface area contributed by atoms with Crippen LogP contribution in [0.3, 0.4) is 0 Å². The lowest BCUT2D eigenvalue weighted by Gasteiger charge is -2.22. The minimum Gasteiger partial charge on any atom is -0.353 e. The Bertz CT molecular complexity index is 923. The average molecular weight is 408 g/mol. The van der Waals surface area contributed by atoms with Gasteiger partial charge < -0.3 is 5.32 Å². The van der Waals surface area contributed by atoms with Crippen molar-refractivity contribution in [2.75, 3.05) is 5.75 Å². The first-order valence-electron chi connectivity index (χ1n) is 10.1. The monoisotopic (exact) mass is 407 g/mol. The maximum atomic E-state index is 12.4. The molecule has 2 heterocycles. The number of carbonyl (C=O) groups is 1. The van der Waals surface area contributed by atoms with E-state index in [1.807, 2.05) is 30.3 Å². The number of thioether (sulfide) groups is 1. The van der Waals surface area contributed by atoms with Gasteiger partial charge in [0.2, 0.25) is 5.91 Å². The summed E-state index contributed by atoms with van der Waals surface area (Å²) in [4.78, 5) is 16.6. The predicted molar refractivity (Wildman–Crippen MR) is 115 cm³/mol. The minimum absolute atomic E-state index is 0.0686. The van der Waals surface area contributed by atoms with Crippen LogP contribution in [0.2, 0.25) is 0 Å². The highest BCUT2D eigenvalue weighted by Gasteiger charge is 2.19. The SMILES string of the molecule is O=C(CSc1nnc(-c2cccnc2)n1Cc1ccccc1)NC1CCCCC1. The maximum Gasteiger partial charge on any atom is 0.230 e. The van der Waals surface area contributed by atoms with Crippen molar-refractivity contribution in [1.82, 2.24) is 25.1 Å². The summed E-state index contributed by atoms with van der Waals surface area (Å²) in [5, 5.41) is 12.7. The van der Waals surface area contributed by atoms with Crippen LogP contribution in [0.4, 0.5) is 0 Å². The highest BCUT2D eigenvalue weighted by molar-refractivity contribution is 7.99. The summed E-state index contributed by atoms with van der Waals surface area (Å²) in [5.74, 6) is 1.17. The van der Waals surface area contributed by atoms with Gasteiger partial charge in [0.15, 0.2) is 11.0 Å². The highest BCUT2D eigenvalue weighted by atomic mass is 32.2. The largest absolute Gasteiger partial charge is 0.353 e. The zero-order valence-corrected chi connectivity index (χ0v) is 17.1. The van der Waals surface area contributed by atoms with Crippen molar-refractivity contribution < 1.29 is 4.79 Å². The molecule has 0 saturated heterocycles. The molecule has 4 rings (SSSR count). The topological polar surface area (TPSA) is 72.7 Å². The van der Waals surface area contributed by atoms with Gasteiger partial charge in [-0.05, 0) is 30.5 Å². The molecule has 150 valence electrons. The number of pyridine rings is 1. The Kier molecular flexibility index (Phi) is 6.56. The Labute approximate surface area is 175 Å². The van der Waals surface area contributed by atoms with Crippen LogP contribution in [0.5, 0.6) is 0 Å². The van der Waals surface area contributed by atoms with Crippen molar-refractivity contribution in [2.45, 2.75) is 49.8 Å². The Morgan fingerprint density at radius 2 is 1.90 bits per heavy atom. The number of hydrogen-bond donors (Lipinski definition) is 1. The van der Waals surface area contributed by atoms with Gasteiger partial charge in [-0.25, -0.2) is 0 Å². The first-order valence-corrected chi connectivity index (χ1v) is 11.1. The number of carbonyl (C=O) groups excluding carboxylic acids is 1. The second-order valence-corrected chi connectivity index (χ2v) is 8.25. The van der Waals surface area contributed by atoms with E-state index >= 15 is 0 Å². The molecule has 7 heteroatoms. The fourth-order valence-electron chi connectivity index (χ4n) is 3.66. The number of nitrogens with zero attached hydrogens (tertiary/aromatic N) is 4. The van der Waals surface area contributed by atoms with Crippen LogP contribution >= 0.6 is 11.8 Å². The average Bonchev–Trinajstić information content (AvgIpc) is 3.17. The minimum atomic E-state index is 0.0686. The zero-order chi connectivity index (χ0) is 19.9. The van der Waals surface area contributed by atoms with Crippen LogP contribution in [0.25, 0.3) is 11.4 Å². The molecule has 0 unspecified atom stereocenters. The highest BCUT2D eigenvalue weighted by Crippen LogP contribution is 2.25. The van der Waals surface area contributed by atoms with Gasteiger partial charge in [-0.1, -0.05) is 61.4 Å². The first-order chi connectivity index (χ1) is 14.3. The van der Waals surface area contributed by atoms with E-state index in [-0.39, 0.29) is 5.91 Å². The fraction of sp³-hybridized carbons (Fsp3) is 0.364. The van der Waals surface area contributed by atoms with E-state index in [1.54, 1.807) is 12.4 Å². The molecule has 1 N–H and O–H groups in total. The fourth-order valence-corrected chi connectivity index (χ4v) is 4.41. The molecule has 29 heavy (non-hydrogen) atoms. The van der Waals surface area contributed by atoms with Crippen LogP contribution in [0.1, 0.15) is 37.7 Å². The Morgan fingerprint density at radius 3 is 2.66 bits per heavy atom. The van der Waals surface area contributed by atoms with E-state index in [0.29, 0.717) is 18.3 Å². The number of aromatic nitrogens is 4. The molecule has 1 aromatic carbocycles. The lowest BCUT2D eigenvalue weighted by molar-refractivity contribution is -0.119. The Morgan fingerprint density at radius 1 is 1.07 bits per heavy atom. The molecular weight excluding hydrogens is 382 g/mol. The lowest BCUT2D eigenvalue weighted by Crippen LogP contribution is -2.37. The third-order valence-corrected chi connectivity index (χ3v) is 6.09. The van der Waals surface area contributed by atoms with Crippen molar-refractivity contribution in [1.29, 1.82) is 0 Å². The Balaban J connectivity index is 1.50. The van der Waals surface area contributed by atoms with Crippen molar-refractivity contribution in [3.63, 3.8) is 0 Å². The van der Waals surface area contributed by atoms with Gasteiger partial charge in [0.1, 0.15) is 0 Å². The van der Waals surface area contributed by atoms with Crippen molar-refractivity contribution in [3.8, 4) is 11.4 Å². The Hall–Kier alpha value is -2.67. The molecule has 1 saturated carbocycles. The molecule has 0 radical (unpaired) electrons. The van der Waals surface area contributed by atoms with Crippen molar-refractivity contribution >= 4 is 17.7 Å². The predicted octanol–water partition coefficient (Wildman–Crippen LogP) is 3.93. The molecule has 1 fully saturated rings. The smallest absolute Gasteiger partial charge is 0.230 e. The van der Waals surface area contributed by atoms with Gasteiger partial charge in [-0.3, -0.25) is 14.3 Å². The van der Waals surface area contributed by atoms with Gasteiger partial charge in [-0.15, -0.1) is 10.2 Å². The molecule has 0 bridgehead atoms. The zero-order valence-electron chi connectivity index (χ0n) is 16.3. The molecule has 0 atom stereocenters. The standard InChI is InChI=1S/C22H25N5OS/c28-20(24-19-11-5-2-6-12-19)16-29-22-26-25-21(18-10-7-13-23-14-18)27(22)15-17-8-3-1-4-9-17/h1,3-4,7-10,13-14,19H,2,5-6,11-12,15-16H2,(H,24,28). The van der Waals surface area contributed by atoms with Gasteiger partial charge >= 0.3 is 0 Å². The second kappa shape index (κ2) is 9.69. The number of amides is 1. The molecule has 6 nitrogen and oxygen atoms in total. The molecule has 1 aliphatic rings. The summed E-state index contributed by atoms with van der Waals surface area (Å²) in [6.07, 6.45) is 9.40. The van der Waals surface area contributed by atoms with E-state index in [0.717, 1.165) is 34.9 Å². The summed E-state index contributed by atoms with van der Waals surface area (Å²) >= 11 is 1.44. The van der Waals surface area contributed by atoms with E-state index in [4.69, 9.17) is 0 Å². The van der Waals surface area contributed by atoms with Gasteiger partial charge in [-0.2, -0.15) is 0 Å². The molecule has 0 aliphatic heterocycles. The maximum absolute atomic E-state index is 12.4. The molecule has 1 amide bonds. The molecule has 1 aliphatic carbocycles. The van der Waals surface area contributed by atoms with E-state index in [9.17, 15) is 4.79 Å². The number of benzene rings is 1. The summed E-state index contributed by atoms with van der Waals surface area (Å²) < 4.78 is 2.06. The summed E-state index contributed by atoms with van der Waals surface area (Å²) in [6.45, 7) is 0.643. The number of hydrogen-bond acceptors (Lipinski definition) is 5. The van der Waals surface area contributed by atoms with Crippen LogP contribution < -0.4 is 5.32 Å². The van der Waals surface area contributed by atoms with Gasteiger partial charge in [0.05, 0.1) is 12.3 Å². The number of nitrogens with one attached hydrogen (secondary N) is 1. The van der Waals surface area contributed by atoms with E-state index < -0.39 is 0 Å². The first kappa shape index (κ1) is 19.6. The third-order valence-electron chi connectivity index (χ3n) is 5.12. The molecule has 2 aromatic heterocycles. The molecule has 0 spiro atoms. The summed E-state index contributed by atoms with van der Waals surface area (Å²) in [5.41, 5.74) is 2.07.